The Morgan fingerprint density at radius 3 is 1.07 bits per heavy atom. The summed E-state index contributed by atoms with van der Waals surface area (Å²) in [6.45, 7) is 0. The van der Waals surface area contributed by atoms with E-state index in [-0.39, 0.29) is 9.79 Å². The molecular weight excluding hydrogens is 356 g/mol. The highest BCUT2D eigenvalue weighted by atomic mass is 32.2. The molecule has 0 atom stereocenters. The third kappa shape index (κ3) is 3.50. The first-order chi connectivity index (χ1) is 13.1. The maximum Gasteiger partial charge on any atom is 0.206 e. The van der Waals surface area contributed by atoms with Gasteiger partial charge in [0.2, 0.25) is 9.84 Å². The molecule has 0 saturated heterocycles. The molecule has 0 spiro atoms. The summed E-state index contributed by atoms with van der Waals surface area (Å²) in [5, 5.41) is 0. The molecular formula is C22H16N2O2S. The van der Waals surface area contributed by atoms with Gasteiger partial charge in [0.1, 0.15) is 0 Å². The predicted molar refractivity (Wildman–Crippen MR) is 105 cm³/mol. The van der Waals surface area contributed by atoms with Crippen LogP contribution in [0, 0.1) is 0 Å². The maximum atomic E-state index is 12.9. The van der Waals surface area contributed by atoms with Crippen molar-refractivity contribution in [2.45, 2.75) is 9.79 Å². The largest absolute Gasteiger partial charge is 0.265 e. The summed E-state index contributed by atoms with van der Waals surface area (Å²) in [5.74, 6) is 0. The Kier molecular flexibility index (Phi) is 4.52. The van der Waals surface area contributed by atoms with E-state index in [4.69, 9.17) is 0 Å². The van der Waals surface area contributed by atoms with E-state index >= 15 is 0 Å². The van der Waals surface area contributed by atoms with Crippen molar-refractivity contribution >= 4 is 9.84 Å². The second kappa shape index (κ2) is 7.13. The monoisotopic (exact) mass is 372 g/mol. The lowest BCUT2D eigenvalue weighted by molar-refractivity contribution is 0.596. The average molecular weight is 372 g/mol. The van der Waals surface area contributed by atoms with Crippen LogP contribution in [0.5, 0.6) is 0 Å². The third-order valence-electron chi connectivity index (χ3n) is 4.36. The van der Waals surface area contributed by atoms with Crippen LogP contribution in [0.25, 0.3) is 22.3 Å². The summed E-state index contributed by atoms with van der Waals surface area (Å²) in [6, 6.07) is 21.4. The molecule has 0 N–H and O–H groups in total. The van der Waals surface area contributed by atoms with Gasteiger partial charge in [-0.05, 0) is 70.8 Å². The van der Waals surface area contributed by atoms with Gasteiger partial charge in [0.25, 0.3) is 0 Å². The Labute approximate surface area is 158 Å². The zero-order valence-corrected chi connectivity index (χ0v) is 15.2. The van der Waals surface area contributed by atoms with Crippen molar-refractivity contribution in [1.82, 2.24) is 9.97 Å². The molecule has 2 heterocycles. The van der Waals surface area contributed by atoms with Gasteiger partial charge in [-0.1, -0.05) is 24.3 Å². The molecule has 0 radical (unpaired) electrons. The quantitative estimate of drug-likeness (QED) is 0.523. The fraction of sp³-hybridized carbons (Fsp3) is 0. The van der Waals surface area contributed by atoms with Gasteiger partial charge in [0.15, 0.2) is 0 Å². The minimum atomic E-state index is -3.56. The fourth-order valence-electron chi connectivity index (χ4n) is 2.88. The van der Waals surface area contributed by atoms with Crippen LogP contribution in [0.3, 0.4) is 0 Å². The Morgan fingerprint density at radius 2 is 0.741 bits per heavy atom. The molecule has 0 bridgehead atoms. The Bertz CT molecular complexity index is 1050. The van der Waals surface area contributed by atoms with Crippen molar-refractivity contribution in [2.24, 2.45) is 0 Å². The lowest BCUT2D eigenvalue weighted by Gasteiger charge is -2.08. The van der Waals surface area contributed by atoms with Crippen LogP contribution >= 0.6 is 0 Å². The second-order valence-corrected chi connectivity index (χ2v) is 7.97. The Balaban J connectivity index is 1.63. The van der Waals surface area contributed by atoms with E-state index in [0.717, 1.165) is 22.3 Å². The smallest absolute Gasteiger partial charge is 0.206 e. The highest BCUT2D eigenvalue weighted by molar-refractivity contribution is 7.91. The molecule has 5 heteroatoms. The number of aromatic nitrogens is 2. The van der Waals surface area contributed by atoms with Crippen LogP contribution in [0.2, 0.25) is 0 Å². The zero-order valence-electron chi connectivity index (χ0n) is 14.4. The molecule has 0 aliphatic carbocycles. The van der Waals surface area contributed by atoms with Crippen molar-refractivity contribution in [2.75, 3.05) is 0 Å². The Morgan fingerprint density at radius 1 is 0.444 bits per heavy atom. The van der Waals surface area contributed by atoms with Gasteiger partial charge in [-0.25, -0.2) is 8.42 Å². The average Bonchev–Trinajstić information content (AvgIpc) is 2.75. The van der Waals surface area contributed by atoms with Crippen LogP contribution in [0.15, 0.2) is 107 Å². The minimum Gasteiger partial charge on any atom is -0.265 e. The third-order valence-corrected chi connectivity index (χ3v) is 6.14. The van der Waals surface area contributed by atoms with Crippen molar-refractivity contribution in [3.05, 3.63) is 97.6 Å². The second-order valence-electron chi connectivity index (χ2n) is 6.02. The number of benzene rings is 2. The molecule has 0 saturated carbocycles. The van der Waals surface area contributed by atoms with Gasteiger partial charge in [-0.3, -0.25) is 9.97 Å². The van der Waals surface area contributed by atoms with Gasteiger partial charge in [0, 0.05) is 24.8 Å². The SMILES string of the molecule is O=S(=O)(c1ccc(-c2ccncc2)cc1)c1ccc(-c2ccncc2)cc1. The summed E-state index contributed by atoms with van der Waals surface area (Å²) in [5.41, 5.74) is 3.89. The molecule has 4 aromatic rings. The van der Waals surface area contributed by atoms with Crippen molar-refractivity contribution in [3.63, 3.8) is 0 Å². The molecule has 4 nitrogen and oxygen atoms in total. The van der Waals surface area contributed by atoms with Crippen molar-refractivity contribution < 1.29 is 8.42 Å². The van der Waals surface area contributed by atoms with E-state index < -0.39 is 9.84 Å². The number of rotatable bonds is 4. The molecule has 0 aliphatic rings. The van der Waals surface area contributed by atoms with Gasteiger partial charge in [-0.15, -0.1) is 0 Å². The molecule has 0 unspecified atom stereocenters. The predicted octanol–water partition coefficient (Wildman–Crippen LogP) is 4.64. The Hall–Kier alpha value is -3.31. The molecule has 4 rings (SSSR count). The molecule has 0 aliphatic heterocycles. The summed E-state index contributed by atoms with van der Waals surface area (Å²) >= 11 is 0. The van der Waals surface area contributed by atoms with Crippen LogP contribution < -0.4 is 0 Å². The van der Waals surface area contributed by atoms with E-state index in [1.807, 2.05) is 48.5 Å². The summed E-state index contributed by atoms with van der Waals surface area (Å²) in [4.78, 5) is 8.54. The number of pyridine rings is 2. The normalized spacial score (nSPS) is 11.3. The number of sulfone groups is 1. The van der Waals surface area contributed by atoms with Gasteiger partial charge in [0.05, 0.1) is 9.79 Å². The van der Waals surface area contributed by atoms with Crippen LogP contribution in [0.1, 0.15) is 0 Å². The van der Waals surface area contributed by atoms with E-state index in [1.54, 1.807) is 49.1 Å². The lowest BCUT2D eigenvalue weighted by Crippen LogP contribution is -2.01. The van der Waals surface area contributed by atoms with Gasteiger partial charge < -0.3 is 0 Å². The number of hydrogen-bond donors (Lipinski definition) is 0. The minimum absolute atomic E-state index is 0.275. The van der Waals surface area contributed by atoms with Gasteiger partial charge >= 0.3 is 0 Å². The highest BCUT2D eigenvalue weighted by Gasteiger charge is 2.17. The lowest BCUT2D eigenvalue weighted by atomic mass is 10.1. The van der Waals surface area contributed by atoms with Crippen molar-refractivity contribution in [3.8, 4) is 22.3 Å². The molecule has 132 valence electrons. The standard InChI is InChI=1S/C22H16N2O2S/c25-27(26,21-5-1-17(2-6-21)19-9-13-23-14-10-19)22-7-3-18(4-8-22)20-11-15-24-16-12-20/h1-16H. The van der Waals surface area contributed by atoms with E-state index in [2.05, 4.69) is 9.97 Å². The topological polar surface area (TPSA) is 59.9 Å². The number of nitrogens with zero attached hydrogens (tertiary/aromatic N) is 2. The first kappa shape index (κ1) is 17.1. The van der Waals surface area contributed by atoms with Crippen LogP contribution in [-0.2, 0) is 9.84 Å². The van der Waals surface area contributed by atoms with Crippen LogP contribution in [-0.4, -0.2) is 18.4 Å². The molecule has 27 heavy (non-hydrogen) atoms. The van der Waals surface area contributed by atoms with Crippen molar-refractivity contribution in [1.29, 1.82) is 0 Å². The van der Waals surface area contributed by atoms with Gasteiger partial charge in [-0.2, -0.15) is 0 Å². The molecule has 2 aromatic heterocycles. The molecule has 0 fully saturated rings. The van der Waals surface area contributed by atoms with E-state index in [1.165, 1.54) is 0 Å². The number of hydrogen-bond acceptors (Lipinski definition) is 4. The summed E-state index contributed by atoms with van der Waals surface area (Å²) < 4.78 is 25.8. The molecule has 2 aromatic carbocycles. The van der Waals surface area contributed by atoms with E-state index in [0.29, 0.717) is 0 Å². The van der Waals surface area contributed by atoms with E-state index in [9.17, 15) is 8.42 Å². The maximum absolute atomic E-state index is 12.9. The summed E-state index contributed by atoms with van der Waals surface area (Å²) in [7, 11) is -3.56. The zero-order chi connectivity index (χ0) is 18.7. The first-order valence-corrected chi connectivity index (χ1v) is 9.89. The molecule has 0 amide bonds. The fourth-order valence-corrected chi connectivity index (χ4v) is 4.14. The van der Waals surface area contributed by atoms with Crippen LogP contribution in [0.4, 0.5) is 0 Å². The highest BCUT2D eigenvalue weighted by Crippen LogP contribution is 2.27. The summed E-state index contributed by atoms with van der Waals surface area (Å²) in [6.07, 6.45) is 6.85. The first-order valence-electron chi connectivity index (χ1n) is 8.41.